The minimum Gasteiger partial charge on any atom is -0.445 e. The van der Waals surface area contributed by atoms with Gasteiger partial charge in [0.1, 0.15) is 18.7 Å². The van der Waals surface area contributed by atoms with E-state index in [2.05, 4.69) is 10.6 Å². The lowest BCUT2D eigenvalue weighted by atomic mass is 10.00. The first-order valence-electron chi connectivity index (χ1n) is 11.2. The SMILES string of the molecule is C[C@@H](O)[C@H](NC(=O)OCc1ccccc1)C(=O)N[C@H](Cc1ccc(-c2ccccc2)cc1)C(N)=O. The van der Waals surface area contributed by atoms with Crippen LogP contribution in [0, 0.1) is 0 Å². The number of rotatable bonds is 10. The summed E-state index contributed by atoms with van der Waals surface area (Å²) in [6, 6.07) is 24.1. The van der Waals surface area contributed by atoms with E-state index in [-0.39, 0.29) is 13.0 Å². The maximum absolute atomic E-state index is 12.8. The van der Waals surface area contributed by atoms with Gasteiger partial charge in [0.15, 0.2) is 0 Å². The average Bonchev–Trinajstić information content (AvgIpc) is 2.87. The lowest BCUT2D eigenvalue weighted by Crippen LogP contribution is -2.57. The molecule has 0 bridgehead atoms. The Morgan fingerprint density at radius 1 is 0.829 bits per heavy atom. The van der Waals surface area contributed by atoms with Crippen LogP contribution >= 0.6 is 0 Å². The zero-order valence-corrected chi connectivity index (χ0v) is 19.4. The fourth-order valence-electron chi connectivity index (χ4n) is 3.48. The molecule has 3 atom stereocenters. The number of nitrogens with two attached hydrogens (primary N) is 1. The van der Waals surface area contributed by atoms with Crippen LogP contribution in [0.5, 0.6) is 0 Å². The van der Waals surface area contributed by atoms with Gasteiger partial charge in [-0.05, 0) is 29.2 Å². The van der Waals surface area contributed by atoms with E-state index in [1.807, 2.05) is 72.8 Å². The number of benzene rings is 3. The number of hydrogen-bond acceptors (Lipinski definition) is 5. The fraction of sp³-hybridized carbons (Fsp3) is 0.222. The summed E-state index contributed by atoms with van der Waals surface area (Å²) in [6.07, 6.45) is -1.96. The molecule has 0 spiro atoms. The van der Waals surface area contributed by atoms with Crippen molar-refractivity contribution < 1.29 is 24.2 Å². The van der Waals surface area contributed by atoms with Crippen molar-refractivity contribution in [2.24, 2.45) is 5.73 Å². The maximum Gasteiger partial charge on any atom is 0.408 e. The number of aliphatic hydroxyl groups is 1. The molecule has 0 aliphatic heterocycles. The quantitative estimate of drug-likeness (QED) is 0.358. The Balaban J connectivity index is 1.60. The minimum atomic E-state index is -1.33. The van der Waals surface area contributed by atoms with E-state index in [9.17, 15) is 19.5 Å². The van der Waals surface area contributed by atoms with E-state index < -0.39 is 36.1 Å². The number of ether oxygens (including phenoxy) is 1. The van der Waals surface area contributed by atoms with Gasteiger partial charge in [-0.25, -0.2) is 4.79 Å². The highest BCUT2D eigenvalue weighted by atomic mass is 16.5. The number of carbonyl (C=O) groups is 3. The van der Waals surface area contributed by atoms with Crippen LogP contribution in [-0.2, 0) is 27.4 Å². The van der Waals surface area contributed by atoms with Crippen molar-refractivity contribution in [1.29, 1.82) is 0 Å². The number of amides is 3. The smallest absolute Gasteiger partial charge is 0.408 e. The summed E-state index contributed by atoms with van der Waals surface area (Å²) in [5.74, 6) is -1.48. The molecule has 8 heteroatoms. The van der Waals surface area contributed by atoms with Gasteiger partial charge >= 0.3 is 6.09 Å². The molecular weight excluding hydrogens is 446 g/mol. The summed E-state index contributed by atoms with van der Waals surface area (Å²) in [6.45, 7) is 1.35. The Morgan fingerprint density at radius 2 is 1.40 bits per heavy atom. The predicted octanol–water partition coefficient (Wildman–Crippen LogP) is 2.54. The molecule has 3 amide bonds. The van der Waals surface area contributed by atoms with Gasteiger partial charge in [-0.1, -0.05) is 84.9 Å². The van der Waals surface area contributed by atoms with Gasteiger partial charge in [-0.15, -0.1) is 0 Å². The molecule has 0 radical (unpaired) electrons. The first-order chi connectivity index (χ1) is 16.8. The van der Waals surface area contributed by atoms with Gasteiger partial charge < -0.3 is 26.2 Å². The molecule has 3 rings (SSSR count). The van der Waals surface area contributed by atoms with Crippen LogP contribution in [0.25, 0.3) is 11.1 Å². The molecule has 0 aliphatic carbocycles. The topological polar surface area (TPSA) is 131 Å². The number of hydrogen-bond donors (Lipinski definition) is 4. The van der Waals surface area contributed by atoms with Crippen LogP contribution < -0.4 is 16.4 Å². The monoisotopic (exact) mass is 475 g/mol. The third kappa shape index (κ3) is 7.68. The highest BCUT2D eigenvalue weighted by Crippen LogP contribution is 2.19. The minimum absolute atomic E-state index is 0.00368. The highest BCUT2D eigenvalue weighted by molar-refractivity contribution is 5.91. The molecule has 5 N–H and O–H groups in total. The van der Waals surface area contributed by atoms with Crippen molar-refractivity contribution in [3.8, 4) is 11.1 Å². The van der Waals surface area contributed by atoms with Crippen LogP contribution in [0.3, 0.4) is 0 Å². The molecule has 0 fully saturated rings. The second-order valence-electron chi connectivity index (χ2n) is 8.15. The van der Waals surface area contributed by atoms with Gasteiger partial charge in [0.05, 0.1) is 6.10 Å². The zero-order chi connectivity index (χ0) is 25.2. The van der Waals surface area contributed by atoms with E-state index in [1.165, 1.54) is 6.92 Å². The van der Waals surface area contributed by atoms with E-state index >= 15 is 0 Å². The average molecular weight is 476 g/mol. The second kappa shape index (κ2) is 12.3. The van der Waals surface area contributed by atoms with Gasteiger partial charge in [0.25, 0.3) is 0 Å². The van der Waals surface area contributed by atoms with Gasteiger partial charge in [-0.3, -0.25) is 9.59 Å². The highest BCUT2D eigenvalue weighted by Gasteiger charge is 2.29. The molecule has 0 aliphatic rings. The molecule has 8 nitrogen and oxygen atoms in total. The summed E-state index contributed by atoms with van der Waals surface area (Å²) in [7, 11) is 0. The summed E-state index contributed by atoms with van der Waals surface area (Å²) in [5.41, 5.74) is 9.15. The van der Waals surface area contributed by atoms with Gasteiger partial charge in [-0.2, -0.15) is 0 Å². The Hall–Kier alpha value is -4.17. The number of aliphatic hydroxyl groups excluding tert-OH is 1. The first-order valence-corrected chi connectivity index (χ1v) is 11.2. The van der Waals surface area contributed by atoms with Crippen LogP contribution in [0.2, 0.25) is 0 Å². The maximum atomic E-state index is 12.8. The van der Waals surface area contributed by atoms with Crippen molar-refractivity contribution in [3.63, 3.8) is 0 Å². The van der Waals surface area contributed by atoms with Gasteiger partial charge in [0.2, 0.25) is 11.8 Å². The van der Waals surface area contributed by atoms with Crippen molar-refractivity contribution in [2.75, 3.05) is 0 Å². The molecule has 0 heterocycles. The van der Waals surface area contributed by atoms with Crippen molar-refractivity contribution in [2.45, 2.75) is 38.1 Å². The lowest BCUT2D eigenvalue weighted by Gasteiger charge is -2.23. The van der Waals surface area contributed by atoms with Crippen molar-refractivity contribution in [3.05, 3.63) is 96.1 Å². The molecule has 35 heavy (non-hydrogen) atoms. The number of carbonyl (C=O) groups excluding carboxylic acids is 3. The molecule has 0 aromatic heterocycles. The Kier molecular flexibility index (Phi) is 8.97. The Morgan fingerprint density at radius 3 is 1.97 bits per heavy atom. The molecule has 0 unspecified atom stereocenters. The number of nitrogens with one attached hydrogen (secondary N) is 2. The molecule has 182 valence electrons. The fourth-order valence-corrected chi connectivity index (χ4v) is 3.48. The molecule has 0 saturated heterocycles. The Bertz CT molecular complexity index is 1120. The predicted molar refractivity (Wildman–Crippen MR) is 132 cm³/mol. The molecular formula is C27H29N3O5. The van der Waals surface area contributed by atoms with Gasteiger partial charge in [0, 0.05) is 6.42 Å². The van der Waals surface area contributed by atoms with Crippen LogP contribution in [0.15, 0.2) is 84.9 Å². The van der Waals surface area contributed by atoms with E-state index in [0.29, 0.717) is 0 Å². The number of primary amides is 1. The molecule has 0 saturated carbocycles. The summed E-state index contributed by atoms with van der Waals surface area (Å²) >= 11 is 0. The van der Waals surface area contributed by atoms with Crippen LogP contribution in [0.4, 0.5) is 4.79 Å². The van der Waals surface area contributed by atoms with E-state index in [0.717, 1.165) is 22.3 Å². The lowest BCUT2D eigenvalue weighted by molar-refractivity contribution is -0.130. The largest absolute Gasteiger partial charge is 0.445 e. The summed E-state index contributed by atoms with van der Waals surface area (Å²) < 4.78 is 5.12. The third-order valence-electron chi connectivity index (χ3n) is 5.41. The van der Waals surface area contributed by atoms with Crippen molar-refractivity contribution >= 4 is 17.9 Å². The third-order valence-corrected chi connectivity index (χ3v) is 5.41. The van der Waals surface area contributed by atoms with Crippen LogP contribution in [-0.4, -0.2) is 41.2 Å². The van der Waals surface area contributed by atoms with Crippen molar-refractivity contribution in [1.82, 2.24) is 10.6 Å². The number of alkyl carbamates (subject to hydrolysis) is 1. The van der Waals surface area contributed by atoms with E-state index in [4.69, 9.17) is 10.5 Å². The van der Waals surface area contributed by atoms with E-state index in [1.54, 1.807) is 12.1 Å². The zero-order valence-electron chi connectivity index (χ0n) is 19.4. The summed E-state index contributed by atoms with van der Waals surface area (Å²) in [5, 5.41) is 14.9. The standard InChI is InChI=1S/C27H29N3O5/c1-18(31)24(30-27(34)35-17-20-8-4-2-5-9-20)26(33)29-23(25(28)32)16-19-12-14-22(15-13-19)21-10-6-3-7-11-21/h2-15,18,23-24,31H,16-17H2,1H3,(H2,28,32)(H,29,33)(H,30,34)/t18-,23-,24+/m1/s1. The normalized spacial score (nSPS) is 13.2. The van der Waals surface area contributed by atoms with Crippen LogP contribution in [0.1, 0.15) is 18.1 Å². The molecule has 3 aromatic carbocycles. The second-order valence-corrected chi connectivity index (χ2v) is 8.15. The summed E-state index contributed by atoms with van der Waals surface area (Å²) in [4.78, 5) is 37.0. The first kappa shape index (κ1) is 25.5. The molecule has 3 aromatic rings. The Labute approximate surface area is 204 Å².